The molecule has 0 aromatic heterocycles. The summed E-state index contributed by atoms with van der Waals surface area (Å²) in [5.74, 6) is -2.30. The number of hydrogen-bond acceptors (Lipinski definition) is 4. The van der Waals surface area contributed by atoms with Gasteiger partial charge in [-0.15, -0.1) is 0 Å². The summed E-state index contributed by atoms with van der Waals surface area (Å²) in [5.41, 5.74) is 7.40. The monoisotopic (exact) mass is 461 g/mol. The first-order chi connectivity index (χ1) is 16.5. The molecule has 0 saturated carbocycles. The Morgan fingerprint density at radius 1 is 0.676 bits per heavy atom. The summed E-state index contributed by atoms with van der Waals surface area (Å²) >= 11 is 0. The van der Waals surface area contributed by atoms with Gasteiger partial charge in [0.2, 0.25) is 5.91 Å². The molecule has 3 aromatic carbocycles. The summed E-state index contributed by atoms with van der Waals surface area (Å²) in [6.45, 7) is 1.27. The molecule has 0 heterocycles. The van der Waals surface area contributed by atoms with Crippen molar-refractivity contribution in [2.24, 2.45) is 17.1 Å². The van der Waals surface area contributed by atoms with Gasteiger partial charge in [0.15, 0.2) is 0 Å². The second kappa shape index (κ2) is 11.9. The highest BCUT2D eigenvalue weighted by Crippen LogP contribution is 2.60. The molecule has 0 saturated heterocycles. The molecule has 5 nitrogen and oxygen atoms in total. The van der Waals surface area contributed by atoms with Crippen LogP contribution in [0.25, 0.3) is 0 Å². The fourth-order valence-corrected chi connectivity index (χ4v) is 5.95. The highest BCUT2D eigenvalue weighted by molar-refractivity contribution is 5.74. The Hall–Kier alpha value is -2.99. The fraction of sp³-hybridized carbons (Fsp3) is 0.345. The number of amides is 1. The number of primary amides is 1. The van der Waals surface area contributed by atoms with Gasteiger partial charge in [-0.1, -0.05) is 97.9 Å². The van der Waals surface area contributed by atoms with E-state index < -0.39 is 29.1 Å². The largest absolute Gasteiger partial charge is 0.396 e. The van der Waals surface area contributed by atoms with Gasteiger partial charge in [-0.05, 0) is 22.6 Å². The van der Waals surface area contributed by atoms with Crippen LogP contribution in [0.1, 0.15) is 47.8 Å². The van der Waals surface area contributed by atoms with Gasteiger partial charge in [-0.2, -0.15) is 0 Å². The van der Waals surface area contributed by atoms with Crippen LogP contribution in [-0.2, 0) is 4.79 Å². The summed E-state index contributed by atoms with van der Waals surface area (Å²) in [6, 6.07) is 28.9. The number of aliphatic hydroxyl groups is 3. The van der Waals surface area contributed by atoms with Crippen LogP contribution in [0, 0.1) is 11.3 Å². The zero-order valence-electron chi connectivity index (χ0n) is 19.6. The first-order valence-electron chi connectivity index (χ1n) is 11.8. The van der Waals surface area contributed by atoms with Crippen LogP contribution in [-0.4, -0.2) is 41.0 Å². The second-order valence-electron chi connectivity index (χ2n) is 9.01. The Morgan fingerprint density at radius 2 is 0.971 bits per heavy atom. The van der Waals surface area contributed by atoms with Gasteiger partial charge in [0.25, 0.3) is 0 Å². The summed E-state index contributed by atoms with van der Waals surface area (Å²) in [6.07, 6.45) is 0.0516. The standard InChI is InChI=1S/C29H35NO4/c1-21(17-28(30)34)29(25(18-31)22-11-5-2-6-12-22,26(19-32)23-13-7-3-8-14-23)27(20-33)24-15-9-4-10-16-24/h2-16,21,25-27,31-33H,17-20H2,1H3,(H2,30,34)/t21?,25-,26-,27-/m1/s1. The van der Waals surface area contributed by atoms with Crippen molar-refractivity contribution in [3.63, 3.8) is 0 Å². The van der Waals surface area contributed by atoms with Crippen LogP contribution in [0.4, 0.5) is 0 Å². The van der Waals surface area contributed by atoms with E-state index in [9.17, 15) is 20.1 Å². The maximum absolute atomic E-state index is 12.2. The Bertz CT molecular complexity index is 894. The Balaban J connectivity index is 2.40. The van der Waals surface area contributed by atoms with E-state index in [-0.39, 0.29) is 32.2 Å². The van der Waals surface area contributed by atoms with Crippen molar-refractivity contribution in [3.8, 4) is 0 Å². The molecule has 0 spiro atoms. The minimum Gasteiger partial charge on any atom is -0.396 e. The van der Waals surface area contributed by atoms with Gasteiger partial charge in [0.05, 0.1) is 19.8 Å². The minimum atomic E-state index is -0.947. The third kappa shape index (κ3) is 5.07. The molecule has 34 heavy (non-hydrogen) atoms. The lowest BCUT2D eigenvalue weighted by Gasteiger charge is -2.54. The summed E-state index contributed by atoms with van der Waals surface area (Å²) < 4.78 is 0. The maximum Gasteiger partial charge on any atom is 0.217 e. The van der Waals surface area contributed by atoms with Gasteiger partial charge in [-0.3, -0.25) is 4.79 Å². The molecule has 5 heteroatoms. The zero-order chi connectivity index (χ0) is 24.6. The summed E-state index contributed by atoms with van der Waals surface area (Å²) in [7, 11) is 0. The lowest BCUT2D eigenvalue weighted by molar-refractivity contribution is -0.121. The molecule has 5 N–H and O–H groups in total. The lowest BCUT2D eigenvalue weighted by Crippen LogP contribution is -2.50. The van der Waals surface area contributed by atoms with Crippen molar-refractivity contribution in [2.45, 2.75) is 31.1 Å². The number of carbonyl (C=O) groups excluding carboxylic acids is 1. The number of rotatable bonds is 12. The molecule has 0 radical (unpaired) electrons. The lowest BCUT2D eigenvalue weighted by atomic mass is 9.49. The molecular weight excluding hydrogens is 426 g/mol. The van der Waals surface area contributed by atoms with E-state index in [0.717, 1.165) is 16.7 Å². The van der Waals surface area contributed by atoms with Gasteiger partial charge in [0, 0.05) is 29.6 Å². The third-order valence-corrected chi connectivity index (χ3v) is 7.33. The number of hydrogen-bond donors (Lipinski definition) is 4. The first-order valence-corrected chi connectivity index (χ1v) is 11.8. The van der Waals surface area contributed by atoms with E-state index >= 15 is 0 Å². The predicted octanol–water partition coefficient (Wildman–Crippen LogP) is 3.81. The van der Waals surface area contributed by atoms with E-state index in [0.29, 0.717) is 0 Å². The molecular formula is C29H35NO4. The van der Waals surface area contributed by atoms with Crippen molar-refractivity contribution in [2.75, 3.05) is 19.8 Å². The number of nitrogens with two attached hydrogens (primary N) is 1. The van der Waals surface area contributed by atoms with E-state index in [1.165, 1.54) is 0 Å². The molecule has 180 valence electrons. The second-order valence-corrected chi connectivity index (χ2v) is 9.01. The number of aliphatic hydroxyl groups excluding tert-OH is 3. The van der Waals surface area contributed by atoms with Crippen molar-refractivity contribution >= 4 is 5.91 Å². The van der Waals surface area contributed by atoms with Crippen LogP contribution in [0.3, 0.4) is 0 Å². The number of carbonyl (C=O) groups is 1. The molecule has 1 amide bonds. The highest BCUT2D eigenvalue weighted by Gasteiger charge is 2.55. The van der Waals surface area contributed by atoms with Crippen molar-refractivity contribution in [1.29, 1.82) is 0 Å². The van der Waals surface area contributed by atoms with Crippen LogP contribution >= 0.6 is 0 Å². The highest BCUT2D eigenvalue weighted by atomic mass is 16.3. The zero-order valence-corrected chi connectivity index (χ0v) is 19.6. The summed E-state index contributed by atoms with van der Waals surface area (Å²) in [5, 5.41) is 32.7. The average Bonchev–Trinajstić information content (AvgIpc) is 2.86. The first kappa shape index (κ1) is 25.6. The van der Waals surface area contributed by atoms with Gasteiger partial charge >= 0.3 is 0 Å². The quantitative estimate of drug-likeness (QED) is 0.329. The SMILES string of the molecule is CC(CC(N)=O)C([C@H](CO)c1ccccc1)([C@H](CO)c1ccccc1)[C@H](CO)c1ccccc1. The molecule has 0 aliphatic rings. The predicted molar refractivity (Wildman–Crippen MR) is 134 cm³/mol. The molecule has 0 aliphatic heterocycles. The fourth-order valence-electron chi connectivity index (χ4n) is 5.95. The van der Waals surface area contributed by atoms with E-state index in [4.69, 9.17) is 5.73 Å². The third-order valence-electron chi connectivity index (χ3n) is 7.33. The number of benzene rings is 3. The normalized spacial score (nSPS) is 15.3. The van der Waals surface area contributed by atoms with E-state index in [2.05, 4.69) is 0 Å². The molecule has 4 atom stereocenters. The van der Waals surface area contributed by atoms with Crippen LogP contribution in [0.2, 0.25) is 0 Å². The van der Waals surface area contributed by atoms with Gasteiger partial charge < -0.3 is 21.1 Å². The molecule has 0 bridgehead atoms. The Kier molecular flexibility index (Phi) is 8.99. The van der Waals surface area contributed by atoms with Crippen LogP contribution < -0.4 is 5.73 Å². The molecule has 3 aromatic rings. The Morgan fingerprint density at radius 3 is 1.21 bits per heavy atom. The van der Waals surface area contributed by atoms with Gasteiger partial charge in [0.1, 0.15) is 0 Å². The van der Waals surface area contributed by atoms with Crippen LogP contribution in [0.15, 0.2) is 91.0 Å². The molecule has 0 fully saturated rings. The average molecular weight is 462 g/mol. The van der Waals surface area contributed by atoms with Crippen LogP contribution in [0.5, 0.6) is 0 Å². The van der Waals surface area contributed by atoms with E-state index in [1.54, 1.807) is 0 Å². The smallest absolute Gasteiger partial charge is 0.217 e. The summed E-state index contributed by atoms with van der Waals surface area (Å²) in [4.78, 5) is 12.2. The van der Waals surface area contributed by atoms with E-state index in [1.807, 2.05) is 97.9 Å². The van der Waals surface area contributed by atoms with Crippen molar-refractivity contribution in [3.05, 3.63) is 108 Å². The topological polar surface area (TPSA) is 104 Å². The Labute approximate surface area is 201 Å². The molecule has 3 rings (SSSR count). The minimum absolute atomic E-state index is 0.0516. The van der Waals surface area contributed by atoms with Crippen molar-refractivity contribution < 1.29 is 20.1 Å². The van der Waals surface area contributed by atoms with Crippen molar-refractivity contribution in [1.82, 2.24) is 0 Å². The molecule has 0 aliphatic carbocycles. The maximum atomic E-state index is 12.2. The molecule has 1 unspecified atom stereocenters. The van der Waals surface area contributed by atoms with Gasteiger partial charge in [-0.25, -0.2) is 0 Å².